The van der Waals surface area contributed by atoms with E-state index in [4.69, 9.17) is 9.84 Å². The van der Waals surface area contributed by atoms with Crippen molar-refractivity contribution in [2.24, 2.45) is 0 Å². The van der Waals surface area contributed by atoms with Crippen LogP contribution in [-0.4, -0.2) is 59.8 Å². The van der Waals surface area contributed by atoms with Gasteiger partial charge in [0.2, 0.25) is 0 Å². The number of nitrogens with one attached hydrogen (secondary N) is 1. The second-order valence-corrected chi connectivity index (χ2v) is 5.53. The largest absolute Gasteiger partial charge is 0.481 e. The van der Waals surface area contributed by atoms with Gasteiger partial charge in [-0.25, -0.2) is 4.98 Å². The molecule has 2 heterocycles. The third kappa shape index (κ3) is 4.77. The summed E-state index contributed by atoms with van der Waals surface area (Å²) in [6, 6.07) is 0.280. The SMILES string of the molecule is CC(CN1CCOCC1)Nc1nc(CC(=O)O)cs1. The number of hydrogen-bond acceptors (Lipinski definition) is 6. The van der Waals surface area contributed by atoms with Crippen molar-refractivity contribution in [1.82, 2.24) is 9.88 Å². The van der Waals surface area contributed by atoms with Crippen LogP contribution in [0.15, 0.2) is 5.38 Å². The lowest BCUT2D eigenvalue weighted by Crippen LogP contribution is -2.42. The Balaban J connectivity index is 1.79. The zero-order valence-corrected chi connectivity index (χ0v) is 11.8. The Hall–Kier alpha value is -1.18. The average Bonchev–Trinajstić information content (AvgIpc) is 2.76. The molecule has 1 aromatic rings. The summed E-state index contributed by atoms with van der Waals surface area (Å²) in [6.07, 6.45) is -0.0178. The molecule has 6 nitrogen and oxygen atoms in total. The molecule has 1 aromatic heterocycles. The molecular weight excluding hydrogens is 266 g/mol. The fourth-order valence-corrected chi connectivity index (χ4v) is 2.86. The molecule has 1 saturated heterocycles. The number of ether oxygens (including phenoxy) is 1. The molecular formula is C12H19N3O3S. The number of aliphatic carboxylic acids is 1. The number of hydrogen-bond donors (Lipinski definition) is 2. The van der Waals surface area contributed by atoms with Crippen molar-refractivity contribution < 1.29 is 14.6 Å². The summed E-state index contributed by atoms with van der Waals surface area (Å²) in [5.74, 6) is -0.849. The number of nitrogens with zero attached hydrogens (tertiary/aromatic N) is 2. The van der Waals surface area contributed by atoms with E-state index in [9.17, 15) is 4.79 Å². The van der Waals surface area contributed by atoms with Crippen LogP contribution in [0.4, 0.5) is 5.13 Å². The highest BCUT2D eigenvalue weighted by Gasteiger charge is 2.14. The Kier molecular flexibility index (Phi) is 5.12. The van der Waals surface area contributed by atoms with E-state index in [0.717, 1.165) is 38.0 Å². The second kappa shape index (κ2) is 6.83. The van der Waals surface area contributed by atoms with Gasteiger partial charge in [0.1, 0.15) is 0 Å². The topological polar surface area (TPSA) is 74.7 Å². The fraction of sp³-hybridized carbons (Fsp3) is 0.667. The van der Waals surface area contributed by atoms with Crippen LogP contribution < -0.4 is 5.32 Å². The van der Waals surface area contributed by atoms with Crippen molar-refractivity contribution in [3.05, 3.63) is 11.1 Å². The number of morpholine rings is 1. The van der Waals surface area contributed by atoms with Crippen LogP contribution in [-0.2, 0) is 16.0 Å². The number of aromatic nitrogens is 1. The maximum Gasteiger partial charge on any atom is 0.309 e. The molecule has 0 amide bonds. The zero-order chi connectivity index (χ0) is 13.7. The molecule has 1 aliphatic rings. The smallest absolute Gasteiger partial charge is 0.309 e. The van der Waals surface area contributed by atoms with Crippen LogP contribution in [0.25, 0.3) is 0 Å². The van der Waals surface area contributed by atoms with E-state index in [2.05, 4.69) is 22.1 Å². The van der Waals surface area contributed by atoms with E-state index < -0.39 is 5.97 Å². The van der Waals surface area contributed by atoms with Gasteiger partial charge in [0, 0.05) is 31.1 Å². The Morgan fingerprint density at radius 1 is 1.63 bits per heavy atom. The van der Waals surface area contributed by atoms with Crippen LogP contribution in [0, 0.1) is 0 Å². The van der Waals surface area contributed by atoms with Gasteiger partial charge in [-0.2, -0.15) is 0 Å². The van der Waals surface area contributed by atoms with Gasteiger partial charge in [-0.3, -0.25) is 9.69 Å². The summed E-state index contributed by atoms with van der Waals surface area (Å²) < 4.78 is 5.31. The molecule has 2 rings (SSSR count). The van der Waals surface area contributed by atoms with Gasteiger partial charge in [0.25, 0.3) is 0 Å². The number of carboxylic acid groups (broad SMARTS) is 1. The van der Waals surface area contributed by atoms with Crippen LogP contribution >= 0.6 is 11.3 Å². The third-order valence-corrected chi connectivity index (χ3v) is 3.71. The summed E-state index contributed by atoms with van der Waals surface area (Å²) in [4.78, 5) is 17.2. The molecule has 0 aliphatic carbocycles. The molecule has 19 heavy (non-hydrogen) atoms. The lowest BCUT2D eigenvalue weighted by atomic mass is 10.3. The van der Waals surface area contributed by atoms with Crippen molar-refractivity contribution in [3.8, 4) is 0 Å². The molecule has 7 heteroatoms. The first-order valence-electron chi connectivity index (χ1n) is 6.36. The summed E-state index contributed by atoms with van der Waals surface area (Å²) in [7, 11) is 0. The number of thiazole rings is 1. The maximum absolute atomic E-state index is 10.6. The Morgan fingerprint density at radius 3 is 3.05 bits per heavy atom. The first-order chi connectivity index (χ1) is 9.13. The minimum absolute atomic E-state index is 0.0178. The van der Waals surface area contributed by atoms with Gasteiger partial charge in [0.05, 0.1) is 25.3 Å². The zero-order valence-electron chi connectivity index (χ0n) is 11.0. The van der Waals surface area contributed by atoms with E-state index >= 15 is 0 Å². The average molecular weight is 285 g/mol. The first-order valence-corrected chi connectivity index (χ1v) is 7.24. The monoisotopic (exact) mass is 285 g/mol. The Bertz CT molecular complexity index is 418. The molecule has 2 N–H and O–H groups in total. The maximum atomic E-state index is 10.6. The van der Waals surface area contributed by atoms with Crippen LogP contribution in [0.5, 0.6) is 0 Å². The van der Waals surface area contributed by atoms with Gasteiger partial charge in [-0.15, -0.1) is 11.3 Å². The number of rotatable bonds is 6. The fourth-order valence-electron chi connectivity index (χ4n) is 2.04. The molecule has 1 unspecified atom stereocenters. The van der Waals surface area contributed by atoms with E-state index in [1.165, 1.54) is 11.3 Å². The quantitative estimate of drug-likeness (QED) is 0.809. The highest BCUT2D eigenvalue weighted by molar-refractivity contribution is 7.13. The van der Waals surface area contributed by atoms with E-state index in [1.807, 2.05) is 0 Å². The molecule has 1 aliphatic heterocycles. The standard InChI is InChI=1S/C12H19N3O3S/c1-9(7-15-2-4-18-5-3-15)13-12-14-10(8-19-12)6-11(16)17/h8-9H,2-7H2,1H3,(H,13,14)(H,16,17). The first kappa shape index (κ1) is 14.2. The normalized spacial score (nSPS) is 18.2. The molecule has 0 spiro atoms. The molecule has 0 aromatic carbocycles. The van der Waals surface area contributed by atoms with Crippen LogP contribution in [0.1, 0.15) is 12.6 Å². The molecule has 0 saturated carbocycles. The van der Waals surface area contributed by atoms with Gasteiger partial charge >= 0.3 is 5.97 Å². The lowest BCUT2D eigenvalue weighted by Gasteiger charge is -2.29. The summed E-state index contributed by atoms with van der Waals surface area (Å²) in [5, 5.41) is 14.6. The summed E-state index contributed by atoms with van der Waals surface area (Å²) >= 11 is 1.45. The number of carbonyl (C=O) groups is 1. The third-order valence-electron chi connectivity index (χ3n) is 2.89. The Morgan fingerprint density at radius 2 is 2.37 bits per heavy atom. The lowest BCUT2D eigenvalue weighted by molar-refractivity contribution is -0.136. The van der Waals surface area contributed by atoms with Crippen molar-refractivity contribution >= 4 is 22.4 Å². The highest BCUT2D eigenvalue weighted by atomic mass is 32.1. The van der Waals surface area contributed by atoms with Crippen molar-refractivity contribution in [2.45, 2.75) is 19.4 Å². The predicted molar refractivity (Wildman–Crippen MR) is 73.8 cm³/mol. The van der Waals surface area contributed by atoms with Gasteiger partial charge in [0.15, 0.2) is 5.13 Å². The van der Waals surface area contributed by atoms with E-state index in [0.29, 0.717) is 5.69 Å². The van der Waals surface area contributed by atoms with Gasteiger partial charge in [-0.05, 0) is 6.92 Å². The molecule has 0 radical (unpaired) electrons. The van der Waals surface area contributed by atoms with Crippen molar-refractivity contribution in [1.29, 1.82) is 0 Å². The van der Waals surface area contributed by atoms with Gasteiger partial charge in [-0.1, -0.05) is 0 Å². The van der Waals surface area contributed by atoms with Crippen LogP contribution in [0.2, 0.25) is 0 Å². The molecule has 106 valence electrons. The van der Waals surface area contributed by atoms with E-state index in [-0.39, 0.29) is 12.5 Å². The molecule has 1 fully saturated rings. The minimum Gasteiger partial charge on any atom is -0.481 e. The molecule has 0 bridgehead atoms. The highest BCUT2D eigenvalue weighted by Crippen LogP contribution is 2.17. The van der Waals surface area contributed by atoms with Crippen molar-refractivity contribution in [2.75, 3.05) is 38.2 Å². The van der Waals surface area contributed by atoms with Gasteiger partial charge < -0.3 is 15.2 Å². The Labute approximate surface area is 116 Å². The summed E-state index contributed by atoms with van der Waals surface area (Å²) in [6.45, 7) is 6.58. The predicted octanol–water partition coefficient (Wildman–Crippen LogP) is 0.903. The van der Waals surface area contributed by atoms with Crippen LogP contribution in [0.3, 0.4) is 0 Å². The van der Waals surface area contributed by atoms with E-state index in [1.54, 1.807) is 5.38 Å². The minimum atomic E-state index is -0.849. The summed E-state index contributed by atoms with van der Waals surface area (Å²) in [5.41, 5.74) is 0.610. The number of anilines is 1. The number of carboxylic acids is 1. The van der Waals surface area contributed by atoms with Crippen molar-refractivity contribution in [3.63, 3.8) is 0 Å². The second-order valence-electron chi connectivity index (χ2n) is 4.67. The molecule has 1 atom stereocenters.